The number of carbonyl (C=O) groups is 1. The number of hydrogen-bond donors (Lipinski definition) is 0. The van der Waals surface area contributed by atoms with Crippen LogP contribution < -0.4 is 0 Å². The molecule has 4 nitrogen and oxygen atoms in total. The van der Waals surface area contributed by atoms with Gasteiger partial charge in [-0.25, -0.2) is 14.8 Å². The highest BCUT2D eigenvalue weighted by molar-refractivity contribution is 6.34. The molecule has 0 saturated carbocycles. The summed E-state index contributed by atoms with van der Waals surface area (Å²) in [5.41, 5.74) is 1.05. The minimum Gasteiger partial charge on any atom is -0.465 e. The second kappa shape index (κ2) is 4.85. The van der Waals surface area contributed by atoms with E-state index in [1.54, 1.807) is 18.2 Å². The van der Waals surface area contributed by atoms with Crippen LogP contribution in [-0.4, -0.2) is 23.0 Å². The largest absolute Gasteiger partial charge is 0.465 e. The summed E-state index contributed by atoms with van der Waals surface area (Å²) in [5, 5.41) is 0.875. The van der Waals surface area contributed by atoms with E-state index in [2.05, 4.69) is 14.7 Å². The maximum atomic E-state index is 11.4. The normalized spacial score (nSPS) is 10.5. The Kier molecular flexibility index (Phi) is 3.45. The van der Waals surface area contributed by atoms with Crippen LogP contribution >= 0.6 is 23.2 Å². The molecule has 0 N–H and O–H groups in total. The zero-order valence-corrected chi connectivity index (χ0v) is 10.4. The van der Waals surface area contributed by atoms with E-state index in [1.165, 1.54) is 7.11 Å². The molecule has 0 spiro atoms. The van der Waals surface area contributed by atoms with E-state index < -0.39 is 5.97 Å². The number of esters is 1. The van der Waals surface area contributed by atoms with Crippen LogP contribution in [0.2, 0.25) is 5.15 Å². The second-order valence-electron chi connectivity index (χ2n) is 3.29. The zero-order chi connectivity index (χ0) is 12.4. The molecule has 6 heteroatoms. The Morgan fingerprint density at radius 3 is 2.82 bits per heavy atom. The molecule has 0 amide bonds. The lowest BCUT2D eigenvalue weighted by Crippen LogP contribution is -2.01. The van der Waals surface area contributed by atoms with Crippen molar-refractivity contribution in [3.8, 4) is 0 Å². The summed E-state index contributed by atoms with van der Waals surface area (Å²) in [5.74, 6) is 0.216. The van der Waals surface area contributed by atoms with Gasteiger partial charge < -0.3 is 4.74 Å². The summed E-state index contributed by atoms with van der Waals surface area (Å²) in [6.45, 7) is 0. The number of nitrogens with zero attached hydrogens (tertiary/aromatic N) is 2. The topological polar surface area (TPSA) is 52.1 Å². The lowest BCUT2D eigenvalue weighted by molar-refractivity contribution is 0.0601. The molecule has 0 fully saturated rings. The van der Waals surface area contributed by atoms with Crippen molar-refractivity contribution in [2.75, 3.05) is 7.11 Å². The molecular formula is C11H8Cl2N2O2. The lowest BCUT2D eigenvalue weighted by Gasteiger charge is -2.04. The number of methoxy groups -OCH3 is 1. The average Bonchev–Trinajstić information content (AvgIpc) is 2.37. The predicted octanol–water partition coefficient (Wildman–Crippen LogP) is 2.81. The van der Waals surface area contributed by atoms with E-state index in [9.17, 15) is 4.79 Å². The summed E-state index contributed by atoms with van der Waals surface area (Å²) < 4.78 is 4.63. The predicted molar refractivity (Wildman–Crippen MR) is 65.4 cm³/mol. The van der Waals surface area contributed by atoms with Gasteiger partial charge in [-0.05, 0) is 18.2 Å². The van der Waals surface area contributed by atoms with Crippen molar-refractivity contribution in [3.05, 3.63) is 34.7 Å². The number of hydrogen-bond acceptors (Lipinski definition) is 4. The first-order valence-electron chi connectivity index (χ1n) is 4.76. The molecule has 0 aliphatic rings. The summed E-state index contributed by atoms with van der Waals surface area (Å²) >= 11 is 11.6. The van der Waals surface area contributed by atoms with E-state index >= 15 is 0 Å². The van der Waals surface area contributed by atoms with Crippen LogP contribution in [0.25, 0.3) is 10.9 Å². The Bertz CT molecular complexity index is 587. The molecule has 1 aromatic carbocycles. The summed E-state index contributed by atoms with van der Waals surface area (Å²) in [6.07, 6.45) is 0. The fraction of sp³-hybridized carbons (Fsp3) is 0.182. The van der Waals surface area contributed by atoms with Gasteiger partial charge in [0.15, 0.2) is 0 Å². The van der Waals surface area contributed by atoms with Gasteiger partial charge in [-0.3, -0.25) is 0 Å². The molecule has 0 saturated heterocycles. The van der Waals surface area contributed by atoms with Gasteiger partial charge in [0.05, 0.1) is 24.1 Å². The van der Waals surface area contributed by atoms with Crippen molar-refractivity contribution in [2.24, 2.45) is 0 Å². The van der Waals surface area contributed by atoms with Gasteiger partial charge in [0.25, 0.3) is 0 Å². The van der Waals surface area contributed by atoms with Crippen molar-refractivity contribution in [3.63, 3.8) is 0 Å². The third-order valence-electron chi connectivity index (χ3n) is 2.24. The quantitative estimate of drug-likeness (QED) is 0.478. The van der Waals surface area contributed by atoms with Crippen LogP contribution in [0.15, 0.2) is 18.2 Å². The minimum atomic E-state index is -0.426. The van der Waals surface area contributed by atoms with Gasteiger partial charge in [-0.15, -0.1) is 11.6 Å². The van der Waals surface area contributed by atoms with Gasteiger partial charge in [-0.2, -0.15) is 0 Å². The highest BCUT2D eigenvalue weighted by atomic mass is 35.5. The minimum absolute atomic E-state index is 0.189. The fourth-order valence-electron chi connectivity index (χ4n) is 1.44. The molecule has 0 atom stereocenters. The molecule has 2 aromatic rings. The lowest BCUT2D eigenvalue weighted by atomic mass is 10.1. The summed E-state index contributed by atoms with van der Waals surface area (Å²) in [4.78, 5) is 19.6. The van der Waals surface area contributed by atoms with Gasteiger partial charge >= 0.3 is 5.97 Å². The van der Waals surface area contributed by atoms with Crippen LogP contribution in [0.5, 0.6) is 0 Å². The van der Waals surface area contributed by atoms with Gasteiger partial charge in [0, 0.05) is 5.39 Å². The number of carbonyl (C=O) groups excluding carboxylic acids is 1. The Hall–Kier alpha value is -1.39. The van der Waals surface area contributed by atoms with E-state index in [0.717, 1.165) is 0 Å². The summed E-state index contributed by atoms with van der Waals surface area (Å²) in [7, 11) is 1.32. The second-order valence-corrected chi connectivity index (χ2v) is 3.91. The monoisotopic (exact) mass is 270 g/mol. The molecule has 88 valence electrons. The summed E-state index contributed by atoms with van der Waals surface area (Å²) in [6, 6.07) is 4.90. The Labute approximate surface area is 108 Å². The number of rotatable bonds is 2. The smallest absolute Gasteiger partial charge is 0.337 e. The van der Waals surface area contributed by atoms with E-state index in [-0.39, 0.29) is 11.0 Å². The number of halogens is 2. The van der Waals surface area contributed by atoms with E-state index in [1.807, 2.05) is 0 Å². The molecule has 0 radical (unpaired) electrons. The third kappa shape index (κ3) is 2.33. The van der Waals surface area contributed by atoms with Gasteiger partial charge in [0.1, 0.15) is 11.0 Å². The molecule has 2 rings (SSSR count). The fourth-order valence-corrected chi connectivity index (χ4v) is 1.81. The first-order chi connectivity index (χ1) is 8.15. The van der Waals surface area contributed by atoms with Crippen molar-refractivity contribution in [1.29, 1.82) is 0 Å². The van der Waals surface area contributed by atoms with Crippen LogP contribution in [0.1, 0.15) is 16.2 Å². The first-order valence-corrected chi connectivity index (χ1v) is 5.67. The van der Waals surface area contributed by atoms with E-state index in [0.29, 0.717) is 22.3 Å². The maximum Gasteiger partial charge on any atom is 0.337 e. The highest BCUT2D eigenvalue weighted by Crippen LogP contribution is 2.22. The van der Waals surface area contributed by atoms with Gasteiger partial charge in [0.2, 0.25) is 0 Å². The number of benzene rings is 1. The number of aromatic nitrogens is 2. The third-order valence-corrected chi connectivity index (χ3v) is 2.76. The van der Waals surface area contributed by atoms with Crippen LogP contribution in [0.3, 0.4) is 0 Å². The maximum absolute atomic E-state index is 11.4. The molecule has 0 aliphatic heterocycles. The van der Waals surface area contributed by atoms with Crippen molar-refractivity contribution in [2.45, 2.75) is 5.88 Å². The average molecular weight is 271 g/mol. The Morgan fingerprint density at radius 1 is 1.41 bits per heavy atom. The molecule has 0 unspecified atom stereocenters. The number of fused-ring (bicyclic) bond motifs is 1. The van der Waals surface area contributed by atoms with Crippen molar-refractivity contribution in [1.82, 2.24) is 9.97 Å². The van der Waals surface area contributed by atoms with Crippen LogP contribution in [0.4, 0.5) is 0 Å². The molecule has 0 bridgehead atoms. The molecule has 1 aromatic heterocycles. The number of alkyl halides is 1. The molecule has 1 heterocycles. The Balaban J connectivity index is 2.62. The van der Waals surface area contributed by atoms with Gasteiger partial charge in [-0.1, -0.05) is 11.6 Å². The highest BCUT2D eigenvalue weighted by Gasteiger charge is 2.10. The van der Waals surface area contributed by atoms with Crippen LogP contribution in [0, 0.1) is 0 Å². The van der Waals surface area contributed by atoms with Crippen molar-refractivity contribution >= 4 is 40.1 Å². The first kappa shape index (κ1) is 12.1. The van der Waals surface area contributed by atoms with Crippen LogP contribution in [-0.2, 0) is 10.6 Å². The zero-order valence-electron chi connectivity index (χ0n) is 8.91. The van der Waals surface area contributed by atoms with Crippen molar-refractivity contribution < 1.29 is 9.53 Å². The SMILES string of the molecule is COC(=O)c1ccc2nc(CCl)nc(Cl)c2c1. The molecule has 17 heavy (non-hydrogen) atoms. The number of ether oxygens (including phenoxy) is 1. The molecule has 0 aliphatic carbocycles. The molecular weight excluding hydrogens is 263 g/mol. The van der Waals surface area contributed by atoms with E-state index in [4.69, 9.17) is 23.2 Å². The Morgan fingerprint density at radius 2 is 2.18 bits per heavy atom. The standard InChI is InChI=1S/C11H8Cl2N2O2/c1-17-11(16)6-2-3-8-7(4-6)10(13)15-9(5-12)14-8/h2-4H,5H2,1H3.